The molecule has 1 N–H and O–H groups in total. The minimum Gasteiger partial charge on any atom is -0.321 e. The van der Waals surface area contributed by atoms with Crippen molar-refractivity contribution < 1.29 is 4.79 Å². The Morgan fingerprint density at radius 3 is 2.62 bits per heavy atom. The maximum absolute atomic E-state index is 11.5. The van der Waals surface area contributed by atoms with Crippen LogP contribution in [-0.2, 0) is 12.8 Å². The molecule has 3 nitrogen and oxygen atoms in total. The van der Waals surface area contributed by atoms with E-state index in [1.165, 1.54) is 17.5 Å². The summed E-state index contributed by atoms with van der Waals surface area (Å²) >= 11 is 0. The van der Waals surface area contributed by atoms with Crippen LogP contribution in [0.2, 0.25) is 0 Å². The smallest absolute Gasteiger partial charge is 0.259 e. The zero-order valence-corrected chi connectivity index (χ0v) is 8.75. The van der Waals surface area contributed by atoms with E-state index in [4.69, 9.17) is 0 Å². The Balaban J connectivity index is 2.36. The van der Waals surface area contributed by atoms with E-state index in [2.05, 4.69) is 11.1 Å². The number of aromatic amines is 1. The normalized spacial score (nSPS) is 14.0. The summed E-state index contributed by atoms with van der Waals surface area (Å²) in [4.78, 5) is 24.9. The molecule has 0 atom stereocenters. The van der Waals surface area contributed by atoms with Gasteiger partial charge in [0.1, 0.15) is 0 Å². The van der Waals surface area contributed by atoms with Crippen molar-refractivity contribution in [3.05, 3.63) is 45.2 Å². The van der Waals surface area contributed by atoms with Gasteiger partial charge >= 0.3 is 0 Å². The van der Waals surface area contributed by atoms with Crippen LogP contribution < -0.4 is 5.56 Å². The Kier molecular flexibility index (Phi) is 1.93. The summed E-state index contributed by atoms with van der Waals surface area (Å²) < 4.78 is 0. The Bertz CT molecular complexity index is 640. The van der Waals surface area contributed by atoms with Gasteiger partial charge in [-0.3, -0.25) is 9.59 Å². The van der Waals surface area contributed by atoms with Gasteiger partial charge in [-0.2, -0.15) is 0 Å². The molecule has 1 heterocycles. The average Bonchev–Trinajstić information content (AvgIpc) is 2.72. The van der Waals surface area contributed by atoms with Crippen molar-refractivity contribution >= 4 is 17.2 Å². The molecule has 16 heavy (non-hydrogen) atoms. The quantitative estimate of drug-likeness (QED) is 0.735. The fourth-order valence-electron chi connectivity index (χ4n) is 2.39. The number of aromatic nitrogens is 1. The number of hydrogen-bond donors (Lipinski definition) is 1. The second-order valence-corrected chi connectivity index (χ2v) is 4.23. The van der Waals surface area contributed by atoms with Crippen molar-refractivity contribution in [1.29, 1.82) is 0 Å². The predicted octanol–water partition coefficient (Wildman–Crippen LogP) is 1.83. The number of aryl methyl sites for hydroxylation is 2. The molecule has 1 aromatic heterocycles. The molecule has 0 bridgehead atoms. The molecular formula is C13H11NO2. The molecule has 0 saturated carbocycles. The molecule has 0 spiro atoms. The summed E-state index contributed by atoms with van der Waals surface area (Å²) in [5.41, 5.74) is 3.39. The van der Waals surface area contributed by atoms with E-state index >= 15 is 0 Å². The van der Waals surface area contributed by atoms with Crippen molar-refractivity contribution in [2.75, 3.05) is 0 Å². The summed E-state index contributed by atoms with van der Waals surface area (Å²) in [6.07, 6.45) is 3.96. The Morgan fingerprint density at radius 2 is 1.88 bits per heavy atom. The highest BCUT2D eigenvalue weighted by Gasteiger charge is 2.12. The molecule has 1 aromatic carbocycles. The molecular weight excluding hydrogens is 202 g/mol. The van der Waals surface area contributed by atoms with Gasteiger partial charge in [-0.25, -0.2) is 0 Å². The van der Waals surface area contributed by atoms with Crippen molar-refractivity contribution in [2.45, 2.75) is 19.3 Å². The highest BCUT2D eigenvalue weighted by atomic mass is 16.1. The van der Waals surface area contributed by atoms with E-state index in [1.807, 2.05) is 6.07 Å². The monoisotopic (exact) mass is 213 g/mol. The van der Waals surface area contributed by atoms with Gasteiger partial charge in [0.15, 0.2) is 6.29 Å². The minimum atomic E-state index is -0.305. The highest BCUT2D eigenvalue weighted by molar-refractivity contribution is 5.86. The lowest BCUT2D eigenvalue weighted by Gasteiger charge is -2.03. The second-order valence-electron chi connectivity index (χ2n) is 4.23. The van der Waals surface area contributed by atoms with Crippen LogP contribution in [0.25, 0.3) is 10.9 Å². The van der Waals surface area contributed by atoms with Gasteiger partial charge in [0, 0.05) is 5.52 Å². The third-order valence-electron chi connectivity index (χ3n) is 3.21. The Hall–Kier alpha value is -1.90. The number of carbonyl (C=O) groups is 1. The number of H-pyrrole nitrogens is 1. The van der Waals surface area contributed by atoms with E-state index in [0.29, 0.717) is 6.29 Å². The number of hydrogen-bond acceptors (Lipinski definition) is 2. The van der Waals surface area contributed by atoms with Crippen LogP contribution in [0.3, 0.4) is 0 Å². The molecule has 0 unspecified atom stereocenters. The van der Waals surface area contributed by atoms with Crippen LogP contribution in [0.1, 0.15) is 27.9 Å². The predicted molar refractivity (Wildman–Crippen MR) is 62.0 cm³/mol. The van der Waals surface area contributed by atoms with Crippen LogP contribution >= 0.6 is 0 Å². The summed E-state index contributed by atoms with van der Waals surface area (Å²) in [7, 11) is 0. The molecule has 1 aliphatic carbocycles. The zero-order chi connectivity index (χ0) is 11.1. The van der Waals surface area contributed by atoms with Crippen molar-refractivity contribution in [1.82, 2.24) is 4.98 Å². The lowest BCUT2D eigenvalue weighted by atomic mass is 10.1. The SMILES string of the molecule is O=Cc1cc2cc3c(cc2[nH]c1=O)CCC3. The molecule has 3 heteroatoms. The first-order valence-corrected chi connectivity index (χ1v) is 5.42. The summed E-state index contributed by atoms with van der Waals surface area (Å²) in [5, 5.41) is 0.947. The van der Waals surface area contributed by atoms with E-state index in [0.717, 1.165) is 23.7 Å². The van der Waals surface area contributed by atoms with Crippen LogP contribution in [0.15, 0.2) is 23.0 Å². The molecule has 3 rings (SSSR count). The molecule has 2 aromatic rings. The highest BCUT2D eigenvalue weighted by Crippen LogP contribution is 2.26. The molecule has 0 saturated heterocycles. The van der Waals surface area contributed by atoms with Gasteiger partial charge in [0.05, 0.1) is 5.56 Å². The Morgan fingerprint density at radius 1 is 1.12 bits per heavy atom. The van der Waals surface area contributed by atoms with Crippen molar-refractivity contribution in [2.24, 2.45) is 0 Å². The fraction of sp³-hybridized carbons (Fsp3) is 0.231. The first-order valence-electron chi connectivity index (χ1n) is 5.42. The van der Waals surface area contributed by atoms with Crippen molar-refractivity contribution in [3.8, 4) is 0 Å². The maximum Gasteiger partial charge on any atom is 0.259 e. The largest absolute Gasteiger partial charge is 0.321 e. The third kappa shape index (κ3) is 1.28. The van der Waals surface area contributed by atoms with Crippen molar-refractivity contribution in [3.63, 3.8) is 0 Å². The number of aldehydes is 1. The van der Waals surface area contributed by atoms with Gasteiger partial charge in [-0.15, -0.1) is 0 Å². The number of fused-ring (bicyclic) bond motifs is 2. The van der Waals surface area contributed by atoms with E-state index < -0.39 is 0 Å². The molecule has 0 aliphatic heterocycles. The maximum atomic E-state index is 11.5. The van der Waals surface area contributed by atoms with Gasteiger partial charge in [-0.05, 0) is 54.0 Å². The van der Waals surface area contributed by atoms with Gasteiger partial charge in [0.25, 0.3) is 5.56 Å². The number of rotatable bonds is 1. The van der Waals surface area contributed by atoms with E-state index in [1.54, 1.807) is 6.07 Å². The van der Waals surface area contributed by atoms with Crippen LogP contribution in [-0.4, -0.2) is 11.3 Å². The summed E-state index contributed by atoms with van der Waals surface area (Å²) in [6.45, 7) is 0. The zero-order valence-electron chi connectivity index (χ0n) is 8.75. The van der Waals surface area contributed by atoms with Gasteiger partial charge in [-0.1, -0.05) is 0 Å². The molecule has 0 amide bonds. The lowest BCUT2D eigenvalue weighted by Crippen LogP contribution is -2.11. The molecule has 0 radical (unpaired) electrons. The number of benzene rings is 1. The van der Waals surface area contributed by atoms with E-state index in [-0.39, 0.29) is 11.1 Å². The van der Waals surface area contributed by atoms with Crippen LogP contribution in [0, 0.1) is 0 Å². The molecule has 80 valence electrons. The second kappa shape index (κ2) is 3.30. The van der Waals surface area contributed by atoms with Gasteiger partial charge in [0.2, 0.25) is 0 Å². The number of carbonyl (C=O) groups excluding carboxylic acids is 1. The first-order chi connectivity index (χ1) is 7.78. The Labute approximate surface area is 92.1 Å². The topological polar surface area (TPSA) is 49.9 Å². The number of pyridine rings is 1. The fourth-order valence-corrected chi connectivity index (χ4v) is 2.39. The molecule has 1 aliphatic rings. The minimum absolute atomic E-state index is 0.199. The third-order valence-corrected chi connectivity index (χ3v) is 3.21. The van der Waals surface area contributed by atoms with Gasteiger partial charge < -0.3 is 4.98 Å². The van der Waals surface area contributed by atoms with E-state index in [9.17, 15) is 9.59 Å². The lowest BCUT2D eigenvalue weighted by molar-refractivity contribution is 0.112. The summed E-state index contributed by atoms with van der Waals surface area (Å²) in [5.74, 6) is 0. The standard InChI is InChI=1S/C13H11NO2/c15-7-11-5-10-4-8-2-1-3-9(8)6-12(10)14-13(11)16/h4-7H,1-3H2,(H,14,16). The molecule has 0 fully saturated rings. The summed E-state index contributed by atoms with van der Waals surface area (Å²) in [6, 6.07) is 5.79. The van der Waals surface area contributed by atoms with Crippen LogP contribution in [0.5, 0.6) is 0 Å². The number of nitrogens with one attached hydrogen (secondary N) is 1. The average molecular weight is 213 g/mol. The van der Waals surface area contributed by atoms with Crippen LogP contribution in [0.4, 0.5) is 0 Å². The first kappa shape index (κ1) is 9.33.